The van der Waals surface area contributed by atoms with Crippen LogP contribution < -0.4 is 11.1 Å². The molecule has 0 saturated heterocycles. The maximum absolute atomic E-state index is 5.61. The fraction of sp³-hybridized carbons (Fsp3) is 0.692. The lowest BCUT2D eigenvalue weighted by Crippen LogP contribution is -2.26. The Bertz CT molecular complexity index is 383. The molecule has 4 heteroatoms. The third kappa shape index (κ3) is 2.68. The molecule has 0 radical (unpaired) electrons. The highest BCUT2D eigenvalue weighted by Crippen LogP contribution is 2.40. The Balaban J connectivity index is 2.03. The highest BCUT2D eigenvalue weighted by atomic mass is 15.1. The lowest BCUT2D eigenvalue weighted by Gasteiger charge is -2.28. The van der Waals surface area contributed by atoms with Gasteiger partial charge in [-0.15, -0.1) is 0 Å². The van der Waals surface area contributed by atoms with E-state index in [-0.39, 0.29) is 0 Å². The van der Waals surface area contributed by atoms with E-state index in [1.165, 1.54) is 32.1 Å². The number of aromatic nitrogens is 2. The quantitative estimate of drug-likeness (QED) is 0.840. The van der Waals surface area contributed by atoms with E-state index in [0.29, 0.717) is 11.4 Å². The van der Waals surface area contributed by atoms with Crippen molar-refractivity contribution in [1.82, 2.24) is 9.97 Å². The van der Waals surface area contributed by atoms with Gasteiger partial charge >= 0.3 is 0 Å². The average Bonchev–Trinajstić information content (AvgIpc) is 2.80. The van der Waals surface area contributed by atoms with Crippen molar-refractivity contribution in [3.8, 4) is 0 Å². The molecule has 0 aromatic carbocycles. The van der Waals surface area contributed by atoms with Crippen molar-refractivity contribution in [3.05, 3.63) is 11.8 Å². The second kappa shape index (κ2) is 4.90. The van der Waals surface area contributed by atoms with Crippen molar-refractivity contribution >= 4 is 11.8 Å². The van der Waals surface area contributed by atoms with Gasteiger partial charge in [0.1, 0.15) is 5.82 Å². The maximum Gasteiger partial charge on any atom is 0.221 e. The van der Waals surface area contributed by atoms with Gasteiger partial charge in [0.25, 0.3) is 0 Å². The minimum atomic E-state index is 0.343. The van der Waals surface area contributed by atoms with Crippen LogP contribution in [0.2, 0.25) is 0 Å². The summed E-state index contributed by atoms with van der Waals surface area (Å²) in [7, 11) is 0. The van der Waals surface area contributed by atoms with Crippen molar-refractivity contribution in [1.29, 1.82) is 0 Å². The van der Waals surface area contributed by atoms with E-state index in [1.54, 1.807) is 6.20 Å². The summed E-state index contributed by atoms with van der Waals surface area (Å²) in [6.07, 6.45) is 8.39. The first-order chi connectivity index (χ1) is 8.15. The zero-order valence-corrected chi connectivity index (χ0v) is 10.8. The van der Waals surface area contributed by atoms with Gasteiger partial charge in [0.15, 0.2) is 0 Å². The second-order valence-electron chi connectivity index (χ2n) is 5.17. The molecule has 0 bridgehead atoms. The molecule has 0 spiro atoms. The first-order valence-electron chi connectivity index (χ1n) is 6.48. The third-order valence-corrected chi connectivity index (χ3v) is 4.04. The molecule has 4 nitrogen and oxygen atoms in total. The molecule has 2 rings (SSSR count). The highest BCUT2D eigenvalue weighted by Gasteiger charge is 2.31. The number of hydrogen-bond acceptors (Lipinski definition) is 4. The zero-order chi connectivity index (χ0) is 12.3. The van der Waals surface area contributed by atoms with E-state index in [0.717, 1.165) is 17.9 Å². The number of nitrogens with one attached hydrogen (secondary N) is 1. The Hall–Kier alpha value is -1.32. The summed E-state index contributed by atoms with van der Waals surface area (Å²) >= 11 is 0. The third-order valence-electron chi connectivity index (χ3n) is 4.04. The van der Waals surface area contributed by atoms with Crippen LogP contribution in [0, 0.1) is 12.3 Å². The summed E-state index contributed by atoms with van der Waals surface area (Å²) in [6, 6.07) is 0. The predicted molar refractivity (Wildman–Crippen MR) is 70.9 cm³/mol. The smallest absolute Gasteiger partial charge is 0.221 e. The predicted octanol–water partition coefficient (Wildman–Crippen LogP) is 2.75. The van der Waals surface area contributed by atoms with Gasteiger partial charge < -0.3 is 11.1 Å². The number of aryl methyl sites for hydroxylation is 1. The molecular weight excluding hydrogens is 212 g/mol. The molecule has 1 fully saturated rings. The van der Waals surface area contributed by atoms with E-state index in [1.807, 2.05) is 6.92 Å². The van der Waals surface area contributed by atoms with Gasteiger partial charge in [0.2, 0.25) is 5.95 Å². The van der Waals surface area contributed by atoms with Crippen molar-refractivity contribution < 1.29 is 0 Å². The van der Waals surface area contributed by atoms with Crippen LogP contribution in [0.15, 0.2) is 6.20 Å². The standard InChI is InChI=1S/C13H22N4/c1-3-13(6-4-5-7-13)9-16-11-10(2)8-15-12(14)17-11/h8H,3-7,9H2,1-2H3,(H3,14,15,16,17). The second-order valence-corrected chi connectivity index (χ2v) is 5.17. The van der Waals surface area contributed by atoms with Gasteiger partial charge in [-0.1, -0.05) is 19.8 Å². The number of nitrogens with zero attached hydrogens (tertiary/aromatic N) is 2. The van der Waals surface area contributed by atoms with Gasteiger partial charge in [0, 0.05) is 18.3 Å². The lowest BCUT2D eigenvalue weighted by atomic mass is 9.83. The van der Waals surface area contributed by atoms with Crippen molar-refractivity contribution in [2.75, 3.05) is 17.6 Å². The molecule has 17 heavy (non-hydrogen) atoms. The van der Waals surface area contributed by atoms with Crippen LogP contribution >= 0.6 is 0 Å². The van der Waals surface area contributed by atoms with Gasteiger partial charge in [-0.05, 0) is 31.6 Å². The van der Waals surface area contributed by atoms with Crippen LogP contribution in [-0.2, 0) is 0 Å². The van der Waals surface area contributed by atoms with Crippen LogP contribution in [0.1, 0.15) is 44.6 Å². The van der Waals surface area contributed by atoms with Crippen LogP contribution in [-0.4, -0.2) is 16.5 Å². The number of anilines is 2. The summed E-state index contributed by atoms with van der Waals surface area (Å²) in [4.78, 5) is 8.24. The molecule has 0 aliphatic heterocycles. The number of nitrogens with two attached hydrogens (primary N) is 1. The maximum atomic E-state index is 5.61. The molecular formula is C13H22N4. The van der Waals surface area contributed by atoms with Crippen molar-refractivity contribution in [3.63, 3.8) is 0 Å². The molecule has 1 aromatic rings. The Kier molecular flexibility index (Phi) is 3.50. The minimum Gasteiger partial charge on any atom is -0.369 e. The van der Waals surface area contributed by atoms with Crippen LogP contribution in [0.25, 0.3) is 0 Å². The number of hydrogen-bond donors (Lipinski definition) is 2. The fourth-order valence-corrected chi connectivity index (χ4v) is 2.69. The Morgan fingerprint density at radius 2 is 2.12 bits per heavy atom. The SMILES string of the molecule is CCC1(CNc2nc(N)ncc2C)CCCC1. The van der Waals surface area contributed by atoms with Crippen LogP contribution in [0.5, 0.6) is 0 Å². The normalized spacial score (nSPS) is 18.2. The topological polar surface area (TPSA) is 63.8 Å². The van der Waals surface area contributed by atoms with Gasteiger partial charge in [0.05, 0.1) is 0 Å². The molecule has 1 aliphatic carbocycles. The summed E-state index contributed by atoms with van der Waals surface area (Å²) in [6.45, 7) is 5.30. The van der Waals surface area contributed by atoms with Gasteiger partial charge in [-0.2, -0.15) is 4.98 Å². The summed E-state index contributed by atoms with van der Waals surface area (Å²) in [5.74, 6) is 1.23. The molecule has 0 atom stereocenters. The minimum absolute atomic E-state index is 0.343. The zero-order valence-electron chi connectivity index (χ0n) is 10.8. The summed E-state index contributed by atoms with van der Waals surface area (Å²) < 4.78 is 0. The highest BCUT2D eigenvalue weighted by molar-refractivity contribution is 5.45. The molecule has 1 aromatic heterocycles. The molecule has 1 aliphatic rings. The molecule has 1 heterocycles. The lowest BCUT2D eigenvalue weighted by molar-refractivity contribution is 0.306. The first-order valence-corrected chi connectivity index (χ1v) is 6.48. The molecule has 0 amide bonds. The molecule has 0 unspecified atom stereocenters. The van der Waals surface area contributed by atoms with Crippen molar-refractivity contribution in [2.24, 2.45) is 5.41 Å². The van der Waals surface area contributed by atoms with E-state index in [9.17, 15) is 0 Å². The number of rotatable bonds is 4. The fourth-order valence-electron chi connectivity index (χ4n) is 2.69. The van der Waals surface area contributed by atoms with Gasteiger partial charge in [-0.25, -0.2) is 4.98 Å². The Morgan fingerprint density at radius 3 is 2.76 bits per heavy atom. The summed E-state index contributed by atoms with van der Waals surface area (Å²) in [5.41, 5.74) is 7.14. The van der Waals surface area contributed by atoms with Gasteiger partial charge in [-0.3, -0.25) is 0 Å². The average molecular weight is 234 g/mol. The van der Waals surface area contributed by atoms with E-state index < -0.39 is 0 Å². The van der Waals surface area contributed by atoms with E-state index >= 15 is 0 Å². The monoisotopic (exact) mass is 234 g/mol. The molecule has 94 valence electrons. The van der Waals surface area contributed by atoms with Crippen LogP contribution in [0.4, 0.5) is 11.8 Å². The van der Waals surface area contributed by atoms with Crippen molar-refractivity contribution in [2.45, 2.75) is 46.0 Å². The van der Waals surface area contributed by atoms with E-state index in [4.69, 9.17) is 5.73 Å². The Labute approximate surface area is 103 Å². The first kappa shape index (κ1) is 12.1. The molecule has 1 saturated carbocycles. The largest absolute Gasteiger partial charge is 0.369 e. The number of nitrogen functional groups attached to an aromatic ring is 1. The molecule has 3 N–H and O–H groups in total. The van der Waals surface area contributed by atoms with E-state index in [2.05, 4.69) is 22.2 Å². The van der Waals surface area contributed by atoms with Crippen LogP contribution in [0.3, 0.4) is 0 Å². The Morgan fingerprint density at radius 1 is 1.41 bits per heavy atom. The summed E-state index contributed by atoms with van der Waals surface area (Å²) in [5, 5.41) is 3.46.